The highest BCUT2D eigenvalue weighted by Gasteiger charge is 2.16. The summed E-state index contributed by atoms with van der Waals surface area (Å²) in [4.78, 5) is 0.103. The molecule has 0 aliphatic rings. The third-order valence-electron chi connectivity index (χ3n) is 2.15. The van der Waals surface area contributed by atoms with Gasteiger partial charge in [-0.05, 0) is 40.5 Å². The Balaban J connectivity index is 2.36. The topological polar surface area (TPSA) is 74.8 Å². The lowest BCUT2D eigenvalue weighted by Gasteiger charge is -2.08. The number of aromatic nitrogens is 2. The van der Waals surface area contributed by atoms with Gasteiger partial charge in [0.1, 0.15) is 4.90 Å². The summed E-state index contributed by atoms with van der Waals surface area (Å²) in [6.45, 7) is 1.89. The molecule has 0 fully saturated rings. The van der Waals surface area contributed by atoms with Gasteiger partial charge in [0.2, 0.25) is 0 Å². The van der Waals surface area contributed by atoms with Gasteiger partial charge in [-0.25, -0.2) is 8.42 Å². The van der Waals surface area contributed by atoms with Gasteiger partial charge < -0.3 is 0 Å². The Morgan fingerprint density at radius 3 is 2.82 bits per heavy atom. The van der Waals surface area contributed by atoms with E-state index in [1.165, 1.54) is 12.4 Å². The van der Waals surface area contributed by atoms with E-state index in [9.17, 15) is 8.42 Å². The molecule has 1 aromatic heterocycles. The fourth-order valence-electron chi connectivity index (χ4n) is 1.31. The Morgan fingerprint density at radius 2 is 2.18 bits per heavy atom. The Morgan fingerprint density at radius 1 is 1.41 bits per heavy atom. The second kappa shape index (κ2) is 4.50. The van der Waals surface area contributed by atoms with Crippen LogP contribution in [0.2, 0.25) is 0 Å². The smallest absolute Gasteiger partial charge is 0.265 e. The van der Waals surface area contributed by atoms with Crippen molar-refractivity contribution in [3.8, 4) is 0 Å². The van der Waals surface area contributed by atoms with Crippen molar-refractivity contribution in [1.82, 2.24) is 10.2 Å². The van der Waals surface area contributed by atoms with Crippen LogP contribution in [0.15, 0.2) is 40.0 Å². The number of nitrogens with one attached hydrogen (secondary N) is 2. The number of benzene rings is 1. The van der Waals surface area contributed by atoms with Gasteiger partial charge in [-0.3, -0.25) is 9.82 Å². The number of aromatic amines is 1. The van der Waals surface area contributed by atoms with Gasteiger partial charge in [0.05, 0.1) is 11.9 Å². The molecule has 2 aromatic rings. The van der Waals surface area contributed by atoms with Crippen molar-refractivity contribution in [2.75, 3.05) is 4.72 Å². The highest BCUT2D eigenvalue weighted by molar-refractivity contribution is 9.10. The van der Waals surface area contributed by atoms with Gasteiger partial charge in [0.15, 0.2) is 0 Å². The first-order valence-corrected chi connectivity index (χ1v) is 7.04. The van der Waals surface area contributed by atoms with E-state index < -0.39 is 10.0 Å². The van der Waals surface area contributed by atoms with Crippen LogP contribution in [0.25, 0.3) is 0 Å². The molecule has 7 heteroatoms. The molecule has 0 unspecified atom stereocenters. The summed E-state index contributed by atoms with van der Waals surface area (Å²) in [7, 11) is -3.58. The van der Waals surface area contributed by atoms with E-state index in [0.717, 1.165) is 5.56 Å². The van der Waals surface area contributed by atoms with E-state index in [4.69, 9.17) is 0 Å². The van der Waals surface area contributed by atoms with Crippen LogP contribution < -0.4 is 4.72 Å². The molecule has 5 nitrogen and oxygen atoms in total. The number of sulfonamides is 1. The highest BCUT2D eigenvalue weighted by Crippen LogP contribution is 2.25. The highest BCUT2D eigenvalue weighted by atomic mass is 79.9. The summed E-state index contributed by atoms with van der Waals surface area (Å²) < 4.78 is 27.1. The molecule has 90 valence electrons. The first-order valence-electron chi connectivity index (χ1n) is 4.77. The molecule has 0 amide bonds. The zero-order chi connectivity index (χ0) is 12.5. The summed E-state index contributed by atoms with van der Waals surface area (Å²) in [5.74, 6) is 0. The van der Waals surface area contributed by atoms with E-state index in [1.807, 2.05) is 13.0 Å². The Labute approximate surface area is 107 Å². The molecule has 0 aliphatic heterocycles. The SMILES string of the molecule is Cc1ccc(Br)c(NS(=O)(=O)c2cn[nH]c2)c1. The van der Waals surface area contributed by atoms with Crippen molar-refractivity contribution >= 4 is 31.6 Å². The van der Waals surface area contributed by atoms with Crippen LogP contribution in [0.5, 0.6) is 0 Å². The number of anilines is 1. The largest absolute Gasteiger partial charge is 0.284 e. The summed E-state index contributed by atoms with van der Waals surface area (Å²) >= 11 is 3.30. The predicted octanol–water partition coefficient (Wildman–Crippen LogP) is 2.28. The number of halogens is 1. The Kier molecular flexibility index (Phi) is 3.21. The molecule has 1 aromatic carbocycles. The quantitative estimate of drug-likeness (QED) is 0.912. The lowest BCUT2D eigenvalue weighted by molar-refractivity contribution is 0.601. The van der Waals surface area contributed by atoms with Crippen LogP contribution in [0.4, 0.5) is 5.69 Å². The number of nitrogens with zero attached hydrogens (tertiary/aromatic N) is 1. The van der Waals surface area contributed by atoms with E-state index in [0.29, 0.717) is 10.2 Å². The minimum absolute atomic E-state index is 0.103. The van der Waals surface area contributed by atoms with Gasteiger partial charge in [-0.1, -0.05) is 6.07 Å². The van der Waals surface area contributed by atoms with Gasteiger partial charge in [0.25, 0.3) is 10.0 Å². The van der Waals surface area contributed by atoms with Crippen LogP contribution in [-0.2, 0) is 10.0 Å². The molecule has 17 heavy (non-hydrogen) atoms. The second-order valence-electron chi connectivity index (χ2n) is 3.52. The lowest BCUT2D eigenvalue weighted by Crippen LogP contribution is -2.12. The standard InChI is InChI=1S/C10H10BrN3O2S/c1-7-2-3-9(11)10(4-7)14-17(15,16)8-5-12-13-6-8/h2-6,14H,1H3,(H,12,13). The van der Waals surface area contributed by atoms with E-state index in [1.54, 1.807) is 12.1 Å². The first-order chi connectivity index (χ1) is 7.99. The van der Waals surface area contributed by atoms with Crippen molar-refractivity contribution in [3.63, 3.8) is 0 Å². The van der Waals surface area contributed by atoms with Crippen LogP contribution in [-0.4, -0.2) is 18.6 Å². The molecule has 0 saturated carbocycles. The zero-order valence-corrected chi connectivity index (χ0v) is 11.3. The molecule has 2 rings (SSSR count). The number of rotatable bonds is 3. The minimum atomic E-state index is -3.58. The predicted molar refractivity (Wildman–Crippen MR) is 68.3 cm³/mol. The number of hydrogen-bond donors (Lipinski definition) is 2. The maximum absolute atomic E-state index is 11.9. The van der Waals surface area contributed by atoms with Gasteiger partial charge in [-0.15, -0.1) is 0 Å². The average Bonchev–Trinajstić information content (AvgIpc) is 2.77. The van der Waals surface area contributed by atoms with E-state index in [-0.39, 0.29) is 4.90 Å². The maximum atomic E-state index is 11.9. The van der Waals surface area contributed by atoms with Crippen molar-refractivity contribution in [3.05, 3.63) is 40.6 Å². The van der Waals surface area contributed by atoms with Crippen LogP contribution in [0.3, 0.4) is 0 Å². The third-order valence-corrected chi connectivity index (χ3v) is 4.17. The molecular formula is C10H10BrN3O2S. The number of aryl methyl sites for hydroxylation is 1. The van der Waals surface area contributed by atoms with E-state index in [2.05, 4.69) is 30.8 Å². The van der Waals surface area contributed by atoms with Crippen molar-refractivity contribution < 1.29 is 8.42 Å². The number of hydrogen-bond acceptors (Lipinski definition) is 3. The Hall–Kier alpha value is -1.34. The summed E-state index contributed by atoms with van der Waals surface area (Å²) in [5.41, 5.74) is 1.48. The van der Waals surface area contributed by atoms with Crippen molar-refractivity contribution in [2.24, 2.45) is 0 Å². The zero-order valence-electron chi connectivity index (χ0n) is 8.94. The molecule has 0 bridgehead atoms. The van der Waals surface area contributed by atoms with Crippen LogP contribution in [0, 0.1) is 6.92 Å². The monoisotopic (exact) mass is 315 g/mol. The van der Waals surface area contributed by atoms with Crippen molar-refractivity contribution in [1.29, 1.82) is 0 Å². The summed E-state index contributed by atoms with van der Waals surface area (Å²) in [5, 5.41) is 6.08. The molecule has 1 heterocycles. The lowest BCUT2D eigenvalue weighted by atomic mass is 10.2. The van der Waals surface area contributed by atoms with Gasteiger partial charge in [0, 0.05) is 10.7 Å². The maximum Gasteiger partial charge on any atom is 0.265 e. The second-order valence-corrected chi connectivity index (χ2v) is 6.06. The molecule has 0 saturated heterocycles. The average molecular weight is 316 g/mol. The number of H-pyrrole nitrogens is 1. The molecular weight excluding hydrogens is 306 g/mol. The molecule has 2 N–H and O–H groups in total. The first kappa shape index (κ1) is 12.1. The van der Waals surface area contributed by atoms with Crippen LogP contribution >= 0.6 is 15.9 Å². The van der Waals surface area contributed by atoms with Crippen LogP contribution in [0.1, 0.15) is 5.56 Å². The molecule has 0 spiro atoms. The Bertz CT molecular complexity index is 623. The summed E-state index contributed by atoms with van der Waals surface area (Å²) in [6, 6.07) is 5.43. The minimum Gasteiger partial charge on any atom is -0.284 e. The van der Waals surface area contributed by atoms with Gasteiger partial charge >= 0.3 is 0 Å². The van der Waals surface area contributed by atoms with Crippen molar-refractivity contribution in [2.45, 2.75) is 11.8 Å². The molecule has 0 atom stereocenters. The molecule has 0 radical (unpaired) electrons. The normalized spacial score (nSPS) is 11.4. The third kappa shape index (κ3) is 2.67. The molecule has 0 aliphatic carbocycles. The van der Waals surface area contributed by atoms with E-state index >= 15 is 0 Å². The summed E-state index contributed by atoms with van der Waals surface area (Å²) in [6.07, 6.45) is 2.58. The van der Waals surface area contributed by atoms with Gasteiger partial charge in [-0.2, -0.15) is 5.10 Å². The fourth-order valence-corrected chi connectivity index (χ4v) is 2.76. The fraction of sp³-hybridized carbons (Fsp3) is 0.100.